The summed E-state index contributed by atoms with van der Waals surface area (Å²) in [5.41, 5.74) is 0.631. The summed E-state index contributed by atoms with van der Waals surface area (Å²) in [7, 11) is 1.62. The van der Waals surface area contributed by atoms with Gasteiger partial charge in [0.15, 0.2) is 0 Å². The molecule has 8 heteroatoms. The Morgan fingerprint density at radius 3 is 2.88 bits per heavy atom. The van der Waals surface area contributed by atoms with Crippen molar-refractivity contribution in [3.8, 4) is 0 Å². The Hall–Kier alpha value is -1.96. The van der Waals surface area contributed by atoms with Crippen LogP contribution in [-0.4, -0.2) is 25.7 Å². The first kappa shape index (κ1) is 10.6. The number of thiazole rings is 1. The van der Waals surface area contributed by atoms with Crippen molar-refractivity contribution in [2.45, 2.75) is 6.92 Å². The molecule has 2 heterocycles. The highest BCUT2D eigenvalue weighted by molar-refractivity contribution is 7.11. The number of aromatic amines is 1. The van der Waals surface area contributed by atoms with E-state index in [2.05, 4.69) is 20.5 Å². The third kappa shape index (κ3) is 1.74. The predicted octanol–water partition coefficient (Wildman–Crippen LogP) is 0.126. The number of nitrogens with one attached hydrogen (secondary N) is 2. The number of H-pyrrole nitrogens is 1. The van der Waals surface area contributed by atoms with E-state index in [9.17, 15) is 9.59 Å². The van der Waals surface area contributed by atoms with Crippen molar-refractivity contribution in [2.24, 2.45) is 7.05 Å². The number of nitrogens with zero attached hydrogens (tertiary/aromatic N) is 3. The molecule has 0 aliphatic rings. The first-order valence-corrected chi connectivity index (χ1v) is 5.24. The minimum absolute atomic E-state index is 0.166. The van der Waals surface area contributed by atoms with Crippen LogP contribution in [0.5, 0.6) is 0 Å². The molecule has 0 unspecified atom stereocenters. The third-order valence-corrected chi connectivity index (χ3v) is 3.28. The zero-order valence-corrected chi connectivity index (χ0v) is 9.46. The fourth-order valence-electron chi connectivity index (χ4n) is 1.16. The molecule has 0 fully saturated rings. The van der Waals surface area contributed by atoms with Crippen LogP contribution in [0.2, 0.25) is 0 Å². The van der Waals surface area contributed by atoms with E-state index in [1.807, 2.05) is 0 Å². The summed E-state index contributed by atoms with van der Waals surface area (Å²) < 4.78 is 1.43. The lowest BCUT2D eigenvalue weighted by Crippen LogP contribution is -2.13. The largest absolute Gasteiger partial charge is 0.307 e. The number of anilines is 1. The lowest BCUT2D eigenvalue weighted by molar-refractivity contribution is 0.102. The quantitative estimate of drug-likeness (QED) is 0.778. The second-order valence-electron chi connectivity index (χ2n) is 3.13. The zero-order valence-electron chi connectivity index (χ0n) is 8.64. The van der Waals surface area contributed by atoms with Gasteiger partial charge in [-0.1, -0.05) is 11.3 Å². The molecule has 2 N–H and O–H groups in total. The van der Waals surface area contributed by atoms with Crippen LogP contribution in [0.15, 0.2) is 11.1 Å². The number of hydrogen-bond acceptors (Lipinski definition) is 5. The molecule has 16 heavy (non-hydrogen) atoms. The molecule has 0 aromatic carbocycles. The van der Waals surface area contributed by atoms with Crippen LogP contribution in [0, 0.1) is 6.92 Å². The molecule has 2 aromatic rings. The molecule has 0 bridgehead atoms. The minimum Gasteiger partial charge on any atom is -0.306 e. The second kappa shape index (κ2) is 3.89. The highest BCUT2D eigenvalue weighted by Gasteiger charge is 2.16. The van der Waals surface area contributed by atoms with Gasteiger partial charge in [-0.2, -0.15) is 10.1 Å². The molecule has 1 amide bonds. The third-order valence-electron chi connectivity index (χ3n) is 2.15. The van der Waals surface area contributed by atoms with Crippen molar-refractivity contribution < 1.29 is 4.79 Å². The van der Waals surface area contributed by atoms with Crippen LogP contribution in [-0.2, 0) is 7.05 Å². The van der Waals surface area contributed by atoms with Gasteiger partial charge in [0.2, 0.25) is 5.95 Å². The van der Waals surface area contributed by atoms with E-state index in [0.29, 0.717) is 10.6 Å². The molecule has 0 atom stereocenters. The van der Waals surface area contributed by atoms with Crippen molar-refractivity contribution in [3.05, 3.63) is 26.6 Å². The average molecular weight is 239 g/mol. The van der Waals surface area contributed by atoms with E-state index in [4.69, 9.17) is 0 Å². The smallest absolute Gasteiger partial charge is 0.306 e. The van der Waals surface area contributed by atoms with E-state index < -0.39 is 0 Å². The Morgan fingerprint density at radius 2 is 2.38 bits per heavy atom. The second-order valence-corrected chi connectivity index (χ2v) is 4.09. The molecule has 0 aliphatic heterocycles. The summed E-state index contributed by atoms with van der Waals surface area (Å²) in [6.07, 6.45) is 1.29. The SMILES string of the molecule is Cc1c(C(=O)Nc2ncn[nH]2)sc(=O)n1C. The summed E-state index contributed by atoms with van der Waals surface area (Å²) in [4.78, 5) is 27.1. The average Bonchev–Trinajstić information content (AvgIpc) is 2.83. The zero-order chi connectivity index (χ0) is 11.7. The van der Waals surface area contributed by atoms with Crippen molar-refractivity contribution >= 4 is 23.2 Å². The molecule has 7 nitrogen and oxygen atoms in total. The monoisotopic (exact) mass is 239 g/mol. The summed E-state index contributed by atoms with van der Waals surface area (Å²) in [5.74, 6) is -0.107. The Balaban J connectivity index is 2.28. The van der Waals surface area contributed by atoms with Crippen LogP contribution in [0.25, 0.3) is 0 Å². The van der Waals surface area contributed by atoms with E-state index in [-0.39, 0.29) is 16.7 Å². The van der Waals surface area contributed by atoms with Gasteiger partial charge in [-0.25, -0.2) is 5.10 Å². The number of carbonyl (C=O) groups excluding carboxylic acids is 1. The van der Waals surface area contributed by atoms with Gasteiger partial charge >= 0.3 is 4.87 Å². The number of amides is 1. The molecular weight excluding hydrogens is 230 g/mol. The Morgan fingerprint density at radius 1 is 1.62 bits per heavy atom. The van der Waals surface area contributed by atoms with E-state index in [0.717, 1.165) is 11.3 Å². The van der Waals surface area contributed by atoms with Crippen molar-refractivity contribution in [1.82, 2.24) is 19.7 Å². The molecule has 2 rings (SSSR count). The van der Waals surface area contributed by atoms with Crippen molar-refractivity contribution in [1.29, 1.82) is 0 Å². The molecule has 0 spiro atoms. The molecule has 0 radical (unpaired) electrons. The summed E-state index contributed by atoms with van der Waals surface area (Å²) in [5, 5.41) is 8.61. The molecule has 2 aromatic heterocycles. The number of carbonyl (C=O) groups is 1. The Labute approximate surface area is 94.1 Å². The summed E-state index contributed by atoms with van der Waals surface area (Å²) in [6.45, 7) is 1.72. The van der Waals surface area contributed by atoms with Crippen molar-refractivity contribution in [3.63, 3.8) is 0 Å². The topological polar surface area (TPSA) is 92.7 Å². The normalized spacial score (nSPS) is 10.4. The summed E-state index contributed by atoms with van der Waals surface area (Å²) >= 11 is 0.904. The van der Waals surface area contributed by atoms with Gasteiger partial charge in [0.1, 0.15) is 11.2 Å². The fraction of sp³-hybridized carbons (Fsp3) is 0.250. The van der Waals surface area contributed by atoms with Crippen LogP contribution in [0.1, 0.15) is 15.4 Å². The predicted molar refractivity (Wildman–Crippen MR) is 58.6 cm³/mol. The molecular formula is C8H9N5O2S. The maximum Gasteiger partial charge on any atom is 0.307 e. The first-order valence-electron chi connectivity index (χ1n) is 4.42. The van der Waals surface area contributed by atoms with Gasteiger partial charge in [-0.3, -0.25) is 14.9 Å². The lowest BCUT2D eigenvalue weighted by Gasteiger charge is -1.99. The van der Waals surface area contributed by atoms with Crippen LogP contribution in [0.4, 0.5) is 5.95 Å². The van der Waals surface area contributed by atoms with Gasteiger partial charge in [0.05, 0.1) is 0 Å². The Kier molecular flexibility index (Phi) is 2.57. The molecule has 0 aliphatic carbocycles. The maximum atomic E-state index is 11.8. The minimum atomic E-state index is -0.364. The van der Waals surface area contributed by atoms with Gasteiger partial charge in [-0.15, -0.1) is 0 Å². The lowest BCUT2D eigenvalue weighted by atomic mass is 10.3. The molecule has 0 saturated carbocycles. The van der Waals surface area contributed by atoms with E-state index in [1.54, 1.807) is 14.0 Å². The van der Waals surface area contributed by atoms with Crippen LogP contribution in [0.3, 0.4) is 0 Å². The van der Waals surface area contributed by atoms with E-state index in [1.165, 1.54) is 10.9 Å². The number of rotatable bonds is 2. The highest BCUT2D eigenvalue weighted by atomic mass is 32.1. The first-order chi connectivity index (χ1) is 7.59. The molecule has 84 valence electrons. The fourth-order valence-corrected chi connectivity index (χ4v) is 2.04. The van der Waals surface area contributed by atoms with Gasteiger partial charge < -0.3 is 4.57 Å². The van der Waals surface area contributed by atoms with Gasteiger partial charge in [0, 0.05) is 12.7 Å². The standard InChI is InChI=1S/C8H9N5O2S/c1-4-5(16-8(15)13(4)2)6(14)11-7-9-3-10-12-7/h3H,1-2H3,(H2,9,10,11,12,14). The highest BCUT2D eigenvalue weighted by Crippen LogP contribution is 2.11. The van der Waals surface area contributed by atoms with Gasteiger partial charge in [0.25, 0.3) is 5.91 Å². The van der Waals surface area contributed by atoms with Gasteiger partial charge in [-0.05, 0) is 6.92 Å². The van der Waals surface area contributed by atoms with Crippen LogP contribution < -0.4 is 10.2 Å². The maximum absolute atomic E-state index is 11.8. The Bertz CT molecular complexity index is 568. The summed E-state index contributed by atoms with van der Waals surface area (Å²) in [6, 6.07) is 0. The number of hydrogen-bond donors (Lipinski definition) is 2. The number of aromatic nitrogens is 4. The van der Waals surface area contributed by atoms with E-state index >= 15 is 0 Å². The van der Waals surface area contributed by atoms with Crippen LogP contribution >= 0.6 is 11.3 Å². The molecule has 0 saturated heterocycles. The van der Waals surface area contributed by atoms with Crippen molar-refractivity contribution in [2.75, 3.05) is 5.32 Å².